The SMILES string of the molecule is Cn1cc(-c2ccc3[nH]nc(-c4cc5c(N6CCCCC6)ccnc5[nH]4)c3c2)cn1. The highest BCUT2D eigenvalue weighted by atomic mass is 15.2. The van der Waals surface area contributed by atoms with E-state index in [-0.39, 0.29) is 0 Å². The average Bonchev–Trinajstić information content (AvgIpc) is 3.50. The highest BCUT2D eigenvalue weighted by Gasteiger charge is 2.18. The summed E-state index contributed by atoms with van der Waals surface area (Å²) in [4.78, 5) is 10.6. The smallest absolute Gasteiger partial charge is 0.139 e. The summed E-state index contributed by atoms with van der Waals surface area (Å²) in [6.07, 6.45) is 9.64. The molecule has 5 aromatic rings. The lowest BCUT2D eigenvalue weighted by atomic mass is 10.1. The number of anilines is 1. The molecule has 1 aliphatic heterocycles. The molecule has 1 aromatic carbocycles. The molecule has 0 aliphatic carbocycles. The van der Waals surface area contributed by atoms with Crippen LogP contribution in [0.1, 0.15) is 19.3 Å². The van der Waals surface area contributed by atoms with Crippen LogP contribution < -0.4 is 4.90 Å². The highest BCUT2D eigenvalue weighted by Crippen LogP contribution is 2.34. The van der Waals surface area contributed by atoms with Crippen LogP contribution in [0.25, 0.3) is 44.5 Å². The summed E-state index contributed by atoms with van der Waals surface area (Å²) >= 11 is 0. The van der Waals surface area contributed by atoms with Crippen molar-refractivity contribution in [2.45, 2.75) is 19.3 Å². The number of nitrogens with one attached hydrogen (secondary N) is 2. The Labute approximate surface area is 173 Å². The van der Waals surface area contributed by atoms with Gasteiger partial charge in [-0.05, 0) is 49.1 Å². The normalized spacial score (nSPS) is 14.8. The van der Waals surface area contributed by atoms with Crippen molar-refractivity contribution >= 4 is 27.6 Å². The number of hydrogen-bond acceptors (Lipinski definition) is 4. The van der Waals surface area contributed by atoms with Crippen molar-refractivity contribution in [1.29, 1.82) is 0 Å². The molecule has 0 saturated carbocycles. The minimum atomic E-state index is 0.910. The maximum Gasteiger partial charge on any atom is 0.139 e. The lowest BCUT2D eigenvalue weighted by molar-refractivity contribution is 0.579. The van der Waals surface area contributed by atoms with Crippen LogP contribution in [0.4, 0.5) is 5.69 Å². The molecule has 6 rings (SSSR count). The largest absolute Gasteiger partial charge is 0.371 e. The fourth-order valence-electron chi connectivity index (χ4n) is 4.52. The molecule has 7 nitrogen and oxygen atoms in total. The van der Waals surface area contributed by atoms with Crippen LogP contribution >= 0.6 is 0 Å². The minimum absolute atomic E-state index is 0.910. The topological polar surface area (TPSA) is 78.4 Å². The van der Waals surface area contributed by atoms with Crippen LogP contribution in [0.15, 0.2) is 48.9 Å². The zero-order chi connectivity index (χ0) is 20.1. The van der Waals surface area contributed by atoms with Gasteiger partial charge in [-0.15, -0.1) is 0 Å². The fraction of sp³-hybridized carbons (Fsp3) is 0.261. The van der Waals surface area contributed by atoms with Gasteiger partial charge in [-0.3, -0.25) is 9.78 Å². The van der Waals surface area contributed by atoms with Gasteiger partial charge in [-0.25, -0.2) is 4.98 Å². The Bertz CT molecular complexity index is 1350. The van der Waals surface area contributed by atoms with Gasteiger partial charge in [0, 0.05) is 54.6 Å². The first-order valence-electron chi connectivity index (χ1n) is 10.5. The van der Waals surface area contributed by atoms with Crippen molar-refractivity contribution in [3.05, 3.63) is 48.9 Å². The lowest BCUT2D eigenvalue weighted by Gasteiger charge is -2.29. The van der Waals surface area contributed by atoms with E-state index in [1.807, 2.05) is 30.3 Å². The second-order valence-corrected chi connectivity index (χ2v) is 8.06. The maximum atomic E-state index is 4.62. The molecule has 2 N–H and O–H groups in total. The van der Waals surface area contributed by atoms with E-state index in [0.717, 1.165) is 57.5 Å². The van der Waals surface area contributed by atoms with Crippen molar-refractivity contribution in [3.63, 3.8) is 0 Å². The Hall–Kier alpha value is -3.61. The van der Waals surface area contributed by atoms with E-state index in [9.17, 15) is 0 Å². The third-order valence-corrected chi connectivity index (χ3v) is 6.06. The number of pyridine rings is 1. The number of piperidine rings is 1. The Morgan fingerprint density at radius 1 is 0.967 bits per heavy atom. The number of aryl methyl sites for hydroxylation is 1. The van der Waals surface area contributed by atoms with E-state index in [1.165, 1.54) is 24.9 Å². The summed E-state index contributed by atoms with van der Waals surface area (Å²) < 4.78 is 1.82. The van der Waals surface area contributed by atoms with Gasteiger partial charge in [-0.1, -0.05) is 6.07 Å². The lowest BCUT2D eigenvalue weighted by Crippen LogP contribution is -2.29. The minimum Gasteiger partial charge on any atom is -0.371 e. The zero-order valence-corrected chi connectivity index (χ0v) is 16.9. The molecular formula is C23H23N7. The first kappa shape index (κ1) is 17.3. The molecule has 1 aliphatic rings. The van der Waals surface area contributed by atoms with Crippen molar-refractivity contribution in [1.82, 2.24) is 29.9 Å². The van der Waals surface area contributed by atoms with E-state index in [2.05, 4.69) is 60.5 Å². The monoisotopic (exact) mass is 397 g/mol. The van der Waals surface area contributed by atoms with E-state index < -0.39 is 0 Å². The van der Waals surface area contributed by atoms with Crippen molar-refractivity contribution in [2.75, 3.05) is 18.0 Å². The van der Waals surface area contributed by atoms with Gasteiger partial charge in [0.1, 0.15) is 11.3 Å². The fourth-order valence-corrected chi connectivity index (χ4v) is 4.52. The Morgan fingerprint density at radius 3 is 2.70 bits per heavy atom. The molecule has 0 atom stereocenters. The molecule has 7 heteroatoms. The summed E-state index contributed by atoms with van der Waals surface area (Å²) in [5.74, 6) is 0. The van der Waals surface area contributed by atoms with Crippen LogP contribution in [0.2, 0.25) is 0 Å². The predicted molar refractivity (Wildman–Crippen MR) is 119 cm³/mol. The summed E-state index contributed by atoms with van der Waals surface area (Å²) in [7, 11) is 1.93. The number of fused-ring (bicyclic) bond motifs is 2. The Morgan fingerprint density at radius 2 is 1.87 bits per heavy atom. The van der Waals surface area contributed by atoms with Crippen molar-refractivity contribution in [3.8, 4) is 22.5 Å². The molecule has 0 bridgehead atoms. The number of rotatable bonds is 3. The van der Waals surface area contributed by atoms with Gasteiger partial charge in [0.25, 0.3) is 0 Å². The predicted octanol–water partition coefficient (Wildman–Crippen LogP) is 4.50. The second kappa shape index (κ2) is 6.73. The quantitative estimate of drug-likeness (QED) is 0.470. The second-order valence-electron chi connectivity index (χ2n) is 8.06. The molecule has 1 fully saturated rings. The third-order valence-electron chi connectivity index (χ3n) is 6.06. The highest BCUT2D eigenvalue weighted by molar-refractivity contribution is 5.99. The van der Waals surface area contributed by atoms with Gasteiger partial charge >= 0.3 is 0 Å². The zero-order valence-electron chi connectivity index (χ0n) is 16.9. The summed E-state index contributed by atoms with van der Waals surface area (Å²) in [5.41, 5.74) is 7.31. The van der Waals surface area contributed by atoms with E-state index >= 15 is 0 Å². The van der Waals surface area contributed by atoms with Crippen molar-refractivity contribution < 1.29 is 0 Å². The first-order chi connectivity index (χ1) is 14.8. The van der Waals surface area contributed by atoms with E-state index in [0.29, 0.717) is 0 Å². The number of aromatic amines is 2. The van der Waals surface area contributed by atoms with Crippen LogP contribution in [0.3, 0.4) is 0 Å². The molecule has 150 valence electrons. The number of hydrogen-bond donors (Lipinski definition) is 2. The van der Waals surface area contributed by atoms with Crippen LogP contribution in [-0.4, -0.2) is 43.0 Å². The molecular weight excluding hydrogens is 374 g/mol. The van der Waals surface area contributed by atoms with E-state index in [4.69, 9.17) is 0 Å². The van der Waals surface area contributed by atoms with Gasteiger partial charge in [0.05, 0.1) is 17.4 Å². The molecule has 30 heavy (non-hydrogen) atoms. The average molecular weight is 397 g/mol. The van der Waals surface area contributed by atoms with Gasteiger partial charge < -0.3 is 9.88 Å². The summed E-state index contributed by atoms with van der Waals surface area (Å²) in [6.45, 7) is 2.22. The maximum absolute atomic E-state index is 4.62. The standard InChI is InChI=1S/C23H23N7/c1-29-14-16(13-25-29)15-5-6-19-17(11-15)22(28-27-19)20-12-18-21(7-8-24-23(18)26-20)30-9-3-2-4-10-30/h5-8,11-14H,2-4,9-10H2,1H3,(H,24,26)(H,27,28). The molecule has 0 radical (unpaired) electrons. The molecule has 4 aromatic heterocycles. The molecule has 0 amide bonds. The van der Waals surface area contributed by atoms with Crippen LogP contribution in [0.5, 0.6) is 0 Å². The summed E-state index contributed by atoms with van der Waals surface area (Å²) in [5, 5.41) is 14.3. The third kappa shape index (κ3) is 2.77. The summed E-state index contributed by atoms with van der Waals surface area (Å²) in [6, 6.07) is 10.7. The number of H-pyrrole nitrogens is 2. The Balaban J connectivity index is 1.47. The van der Waals surface area contributed by atoms with Gasteiger partial charge in [0.2, 0.25) is 0 Å². The van der Waals surface area contributed by atoms with Gasteiger partial charge in [0.15, 0.2) is 0 Å². The number of benzene rings is 1. The molecule has 0 spiro atoms. The molecule has 5 heterocycles. The van der Waals surface area contributed by atoms with E-state index in [1.54, 1.807) is 0 Å². The number of aromatic nitrogens is 6. The molecule has 1 saturated heterocycles. The van der Waals surface area contributed by atoms with Crippen LogP contribution in [0, 0.1) is 0 Å². The Kier molecular flexibility index (Phi) is 3.87. The number of nitrogens with zero attached hydrogens (tertiary/aromatic N) is 5. The van der Waals surface area contributed by atoms with Crippen molar-refractivity contribution in [2.24, 2.45) is 7.05 Å². The first-order valence-corrected chi connectivity index (χ1v) is 10.5. The molecule has 0 unspecified atom stereocenters. The van der Waals surface area contributed by atoms with Crippen LogP contribution in [-0.2, 0) is 7.05 Å². The van der Waals surface area contributed by atoms with Gasteiger partial charge in [-0.2, -0.15) is 10.2 Å².